The zero-order chi connectivity index (χ0) is 20.0. The van der Waals surface area contributed by atoms with Crippen LogP contribution >= 0.6 is 0 Å². The maximum Gasteiger partial charge on any atom is 0.254 e. The first-order valence-corrected chi connectivity index (χ1v) is 9.83. The first kappa shape index (κ1) is 21.8. The molecule has 1 aromatic rings. The van der Waals surface area contributed by atoms with Gasteiger partial charge in [0, 0.05) is 38.3 Å². The summed E-state index contributed by atoms with van der Waals surface area (Å²) in [5.74, 6) is -0.0810. The van der Waals surface area contributed by atoms with Crippen molar-refractivity contribution < 1.29 is 19.0 Å². The third kappa shape index (κ3) is 6.87. The number of morpholine rings is 1. The van der Waals surface area contributed by atoms with Crippen molar-refractivity contribution in [2.75, 3.05) is 39.3 Å². The Morgan fingerprint density at radius 1 is 1.37 bits per heavy atom. The molecule has 2 atom stereocenters. The topological polar surface area (TPSA) is 53.0 Å². The molecule has 27 heavy (non-hydrogen) atoms. The number of aliphatic hydroxyl groups excluding tert-OH is 1. The fourth-order valence-corrected chi connectivity index (χ4v) is 3.26. The quantitative estimate of drug-likeness (QED) is 0.753. The van der Waals surface area contributed by atoms with Crippen LogP contribution < -0.4 is 0 Å². The maximum absolute atomic E-state index is 13.5. The lowest BCUT2D eigenvalue weighted by molar-refractivity contribution is -0.0547. The molecular formula is C21H33FN2O3. The van der Waals surface area contributed by atoms with Gasteiger partial charge >= 0.3 is 0 Å². The van der Waals surface area contributed by atoms with Crippen LogP contribution in [-0.4, -0.2) is 72.4 Å². The lowest BCUT2D eigenvalue weighted by Gasteiger charge is -2.37. The number of β-amino-alcohol motifs (C(OH)–C–C–N with tert-alkyl or cyclic N) is 1. The molecule has 5 nitrogen and oxygen atoms in total. The molecule has 0 spiro atoms. The van der Waals surface area contributed by atoms with Gasteiger partial charge in [-0.2, -0.15) is 0 Å². The van der Waals surface area contributed by atoms with E-state index in [0.29, 0.717) is 44.3 Å². The number of nitrogens with zero attached hydrogens (tertiary/aromatic N) is 2. The van der Waals surface area contributed by atoms with Gasteiger partial charge in [0.05, 0.1) is 18.8 Å². The predicted octanol–water partition coefficient (Wildman–Crippen LogP) is 2.64. The highest BCUT2D eigenvalue weighted by atomic mass is 19.1. The number of halogens is 1. The van der Waals surface area contributed by atoms with E-state index < -0.39 is 5.82 Å². The Balaban J connectivity index is 2.03. The summed E-state index contributed by atoms with van der Waals surface area (Å²) in [4.78, 5) is 16.9. The number of rotatable bonds is 8. The van der Waals surface area contributed by atoms with Gasteiger partial charge in [-0.3, -0.25) is 9.69 Å². The van der Waals surface area contributed by atoms with Gasteiger partial charge in [-0.15, -0.1) is 0 Å². The van der Waals surface area contributed by atoms with E-state index in [1.807, 2.05) is 13.8 Å². The standard InChI is InChI=1S/C21H33FN2O3/c1-15(2)11-24(21(26)17-6-5-7-18(22)10-17)13-19-12-23(8-9-27-19)14-20(25)16(3)4/h5-7,10,15-16,19-20,25H,8-9,11-14H2,1-4H3/t19-,20+/m1/s1. The van der Waals surface area contributed by atoms with Crippen LogP contribution in [0.3, 0.4) is 0 Å². The fourth-order valence-electron chi connectivity index (χ4n) is 3.26. The Morgan fingerprint density at radius 2 is 2.11 bits per heavy atom. The van der Waals surface area contributed by atoms with Gasteiger partial charge in [0.15, 0.2) is 0 Å². The first-order chi connectivity index (χ1) is 12.8. The summed E-state index contributed by atoms with van der Waals surface area (Å²) in [6.45, 7) is 11.8. The molecule has 1 fully saturated rings. The molecule has 0 aromatic heterocycles. The largest absolute Gasteiger partial charge is 0.392 e. The number of aliphatic hydroxyl groups is 1. The Kier molecular flexibility index (Phi) is 8.20. The minimum Gasteiger partial charge on any atom is -0.392 e. The first-order valence-electron chi connectivity index (χ1n) is 9.83. The Labute approximate surface area is 162 Å². The molecule has 152 valence electrons. The van der Waals surface area contributed by atoms with E-state index in [-0.39, 0.29) is 24.0 Å². The lowest BCUT2D eigenvalue weighted by atomic mass is 10.1. The average Bonchev–Trinajstić information content (AvgIpc) is 2.60. The van der Waals surface area contributed by atoms with E-state index in [9.17, 15) is 14.3 Å². The summed E-state index contributed by atoms with van der Waals surface area (Å²) in [5, 5.41) is 10.1. The lowest BCUT2D eigenvalue weighted by Crippen LogP contribution is -2.51. The number of amides is 1. The minimum absolute atomic E-state index is 0.116. The molecule has 1 saturated heterocycles. The van der Waals surface area contributed by atoms with Gasteiger partial charge in [-0.25, -0.2) is 4.39 Å². The van der Waals surface area contributed by atoms with Crippen LogP contribution in [0.15, 0.2) is 24.3 Å². The van der Waals surface area contributed by atoms with Crippen molar-refractivity contribution in [2.24, 2.45) is 11.8 Å². The van der Waals surface area contributed by atoms with E-state index in [1.165, 1.54) is 12.1 Å². The number of hydrogen-bond acceptors (Lipinski definition) is 4. The maximum atomic E-state index is 13.5. The van der Waals surface area contributed by atoms with E-state index in [1.54, 1.807) is 17.0 Å². The zero-order valence-electron chi connectivity index (χ0n) is 16.9. The van der Waals surface area contributed by atoms with Crippen LogP contribution in [0.4, 0.5) is 4.39 Å². The van der Waals surface area contributed by atoms with Crippen LogP contribution in [0.25, 0.3) is 0 Å². The van der Waals surface area contributed by atoms with Gasteiger partial charge < -0.3 is 14.7 Å². The van der Waals surface area contributed by atoms with Gasteiger partial charge in [0.2, 0.25) is 0 Å². The van der Waals surface area contributed by atoms with Gasteiger partial charge in [-0.1, -0.05) is 33.8 Å². The normalized spacial score (nSPS) is 19.5. The Bertz CT molecular complexity index is 609. The van der Waals surface area contributed by atoms with Gasteiger partial charge in [-0.05, 0) is 30.0 Å². The average molecular weight is 381 g/mol. The summed E-state index contributed by atoms with van der Waals surface area (Å²) in [6.07, 6.45) is -0.487. The van der Waals surface area contributed by atoms with Crippen molar-refractivity contribution in [3.8, 4) is 0 Å². The second kappa shape index (κ2) is 10.2. The van der Waals surface area contributed by atoms with E-state index >= 15 is 0 Å². The van der Waals surface area contributed by atoms with Crippen molar-refractivity contribution in [3.05, 3.63) is 35.6 Å². The molecule has 0 unspecified atom stereocenters. The van der Waals surface area contributed by atoms with Crippen LogP contribution in [0, 0.1) is 17.7 Å². The Morgan fingerprint density at radius 3 is 2.74 bits per heavy atom. The van der Waals surface area contributed by atoms with E-state index in [0.717, 1.165) is 6.54 Å². The summed E-state index contributed by atoms with van der Waals surface area (Å²) >= 11 is 0. The monoisotopic (exact) mass is 380 g/mol. The highest BCUT2D eigenvalue weighted by molar-refractivity contribution is 5.94. The molecule has 1 aliphatic heterocycles. The summed E-state index contributed by atoms with van der Waals surface area (Å²) in [5.41, 5.74) is 0.360. The molecule has 0 bridgehead atoms. The number of carbonyl (C=O) groups is 1. The van der Waals surface area contributed by atoms with Crippen molar-refractivity contribution >= 4 is 5.91 Å². The molecule has 1 aliphatic rings. The number of carbonyl (C=O) groups excluding carboxylic acids is 1. The molecule has 6 heteroatoms. The highest BCUT2D eigenvalue weighted by Gasteiger charge is 2.27. The second-order valence-electron chi connectivity index (χ2n) is 8.18. The minimum atomic E-state index is -0.409. The predicted molar refractivity (Wildman–Crippen MR) is 104 cm³/mol. The third-order valence-corrected chi connectivity index (χ3v) is 4.81. The number of hydrogen-bond donors (Lipinski definition) is 1. The fraction of sp³-hybridized carbons (Fsp3) is 0.667. The van der Waals surface area contributed by atoms with Crippen LogP contribution in [-0.2, 0) is 4.74 Å². The van der Waals surface area contributed by atoms with Gasteiger partial charge in [0.1, 0.15) is 5.82 Å². The van der Waals surface area contributed by atoms with Crippen molar-refractivity contribution in [1.29, 1.82) is 0 Å². The molecule has 0 saturated carbocycles. The molecule has 0 aliphatic carbocycles. The molecule has 1 N–H and O–H groups in total. The number of benzene rings is 1. The zero-order valence-corrected chi connectivity index (χ0v) is 16.9. The van der Waals surface area contributed by atoms with Gasteiger partial charge in [0.25, 0.3) is 5.91 Å². The third-order valence-electron chi connectivity index (χ3n) is 4.81. The summed E-state index contributed by atoms with van der Waals surface area (Å²) < 4.78 is 19.4. The summed E-state index contributed by atoms with van der Waals surface area (Å²) in [7, 11) is 0. The SMILES string of the molecule is CC(C)CN(C[C@H]1CN(C[C@H](O)C(C)C)CCO1)C(=O)c1cccc(F)c1. The molecule has 1 heterocycles. The van der Waals surface area contributed by atoms with Crippen LogP contribution in [0.5, 0.6) is 0 Å². The molecular weight excluding hydrogens is 347 g/mol. The highest BCUT2D eigenvalue weighted by Crippen LogP contribution is 2.14. The molecule has 0 radical (unpaired) electrons. The smallest absolute Gasteiger partial charge is 0.254 e. The molecule has 2 rings (SSSR count). The molecule has 1 aromatic carbocycles. The van der Waals surface area contributed by atoms with Crippen LogP contribution in [0.2, 0.25) is 0 Å². The second-order valence-corrected chi connectivity index (χ2v) is 8.18. The molecule has 1 amide bonds. The van der Waals surface area contributed by atoms with Crippen molar-refractivity contribution in [2.45, 2.75) is 39.9 Å². The van der Waals surface area contributed by atoms with Crippen LogP contribution in [0.1, 0.15) is 38.1 Å². The number of ether oxygens (including phenoxy) is 1. The summed E-state index contributed by atoms with van der Waals surface area (Å²) in [6, 6.07) is 5.82. The van der Waals surface area contributed by atoms with E-state index in [2.05, 4.69) is 18.7 Å². The van der Waals surface area contributed by atoms with Crippen molar-refractivity contribution in [1.82, 2.24) is 9.80 Å². The van der Waals surface area contributed by atoms with Crippen molar-refractivity contribution in [3.63, 3.8) is 0 Å². The Hall–Kier alpha value is -1.50. The van der Waals surface area contributed by atoms with E-state index in [4.69, 9.17) is 4.74 Å².